The predicted molar refractivity (Wildman–Crippen MR) is 57.9 cm³/mol. The lowest BCUT2D eigenvalue weighted by Crippen LogP contribution is -2.16. The quantitative estimate of drug-likeness (QED) is 0.777. The minimum absolute atomic E-state index is 0.668. The van der Waals surface area contributed by atoms with Crippen molar-refractivity contribution in [3.05, 3.63) is 35.4 Å². The first-order chi connectivity index (χ1) is 7.75. The molecule has 1 N–H and O–H groups in total. The van der Waals surface area contributed by atoms with E-state index in [1.807, 2.05) is 19.9 Å². The Morgan fingerprint density at radius 3 is 2.88 bits per heavy atom. The lowest BCUT2D eigenvalue weighted by atomic mass is 10.3. The van der Waals surface area contributed by atoms with Gasteiger partial charge in [-0.2, -0.15) is 4.98 Å². The first-order valence-corrected chi connectivity index (χ1v) is 5.28. The fourth-order valence-electron chi connectivity index (χ4n) is 1.42. The second-order valence-electron chi connectivity index (χ2n) is 3.69. The van der Waals surface area contributed by atoms with Gasteiger partial charge in [0.05, 0.1) is 12.8 Å². The van der Waals surface area contributed by atoms with Crippen LogP contribution in [-0.2, 0) is 13.0 Å². The van der Waals surface area contributed by atoms with Gasteiger partial charge in [0.1, 0.15) is 5.76 Å². The molecule has 0 radical (unpaired) electrons. The number of hydrogen-bond donors (Lipinski definition) is 1. The summed E-state index contributed by atoms with van der Waals surface area (Å²) < 4.78 is 10.3. The van der Waals surface area contributed by atoms with Crippen LogP contribution in [0.15, 0.2) is 21.3 Å². The third-order valence-corrected chi connectivity index (χ3v) is 2.34. The SMILES string of the molecule is Cc1noc(CCNCc2occc2C)n1. The molecule has 2 rings (SSSR count). The van der Waals surface area contributed by atoms with Crippen molar-refractivity contribution in [3.63, 3.8) is 0 Å². The molecule has 16 heavy (non-hydrogen) atoms. The number of nitrogens with one attached hydrogen (secondary N) is 1. The van der Waals surface area contributed by atoms with E-state index in [1.165, 1.54) is 5.56 Å². The van der Waals surface area contributed by atoms with E-state index in [0.29, 0.717) is 11.7 Å². The molecule has 86 valence electrons. The lowest BCUT2D eigenvalue weighted by Gasteiger charge is -2.00. The van der Waals surface area contributed by atoms with Gasteiger partial charge in [0, 0.05) is 13.0 Å². The van der Waals surface area contributed by atoms with Crippen molar-refractivity contribution in [2.24, 2.45) is 0 Å². The number of aryl methyl sites for hydroxylation is 2. The van der Waals surface area contributed by atoms with Gasteiger partial charge in [-0.15, -0.1) is 0 Å². The Kier molecular flexibility index (Phi) is 3.36. The molecule has 0 aliphatic heterocycles. The average molecular weight is 221 g/mol. The Morgan fingerprint density at radius 2 is 2.25 bits per heavy atom. The molecule has 0 bridgehead atoms. The summed E-state index contributed by atoms with van der Waals surface area (Å²) in [7, 11) is 0. The standard InChI is InChI=1S/C11H15N3O2/c1-8-4-6-15-10(8)7-12-5-3-11-13-9(2)14-16-11/h4,6,12H,3,5,7H2,1-2H3. The molecular formula is C11H15N3O2. The summed E-state index contributed by atoms with van der Waals surface area (Å²) in [5, 5.41) is 6.99. The number of furan rings is 1. The van der Waals surface area contributed by atoms with Crippen molar-refractivity contribution in [1.82, 2.24) is 15.5 Å². The van der Waals surface area contributed by atoms with E-state index in [4.69, 9.17) is 8.94 Å². The van der Waals surface area contributed by atoms with E-state index >= 15 is 0 Å². The topological polar surface area (TPSA) is 64.1 Å². The zero-order chi connectivity index (χ0) is 11.4. The Hall–Kier alpha value is -1.62. The highest BCUT2D eigenvalue weighted by atomic mass is 16.5. The van der Waals surface area contributed by atoms with Gasteiger partial charge in [0.25, 0.3) is 0 Å². The molecule has 0 saturated carbocycles. The summed E-state index contributed by atoms with van der Waals surface area (Å²) in [4.78, 5) is 4.12. The van der Waals surface area contributed by atoms with Gasteiger partial charge < -0.3 is 14.3 Å². The molecule has 0 saturated heterocycles. The zero-order valence-corrected chi connectivity index (χ0v) is 9.49. The third-order valence-electron chi connectivity index (χ3n) is 2.34. The Morgan fingerprint density at radius 1 is 1.38 bits per heavy atom. The highest BCUT2D eigenvalue weighted by Gasteiger charge is 2.03. The molecule has 0 aliphatic carbocycles. The van der Waals surface area contributed by atoms with Gasteiger partial charge >= 0.3 is 0 Å². The van der Waals surface area contributed by atoms with Crippen molar-refractivity contribution in [2.45, 2.75) is 26.8 Å². The molecule has 5 nitrogen and oxygen atoms in total. The molecule has 0 spiro atoms. The van der Waals surface area contributed by atoms with Gasteiger partial charge in [-0.05, 0) is 25.5 Å². The Labute approximate surface area is 93.8 Å². The second kappa shape index (κ2) is 4.94. The largest absolute Gasteiger partial charge is 0.468 e. The third kappa shape index (κ3) is 2.70. The van der Waals surface area contributed by atoms with E-state index in [-0.39, 0.29) is 0 Å². The van der Waals surface area contributed by atoms with Crippen LogP contribution in [0.4, 0.5) is 0 Å². The lowest BCUT2D eigenvalue weighted by molar-refractivity contribution is 0.371. The summed E-state index contributed by atoms with van der Waals surface area (Å²) in [6.45, 7) is 5.36. The molecule has 2 heterocycles. The molecule has 5 heteroatoms. The van der Waals surface area contributed by atoms with Gasteiger partial charge in [0.2, 0.25) is 5.89 Å². The average Bonchev–Trinajstić information content (AvgIpc) is 2.83. The van der Waals surface area contributed by atoms with Crippen molar-refractivity contribution >= 4 is 0 Å². The molecule has 0 fully saturated rings. The van der Waals surface area contributed by atoms with E-state index in [9.17, 15) is 0 Å². The molecule has 2 aromatic rings. The fourth-order valence-corrected chi connectivity index (χ4v) is 1.42. The van der Waals surface area contributed by atoms with Gasteiger partial charge in [-0.1, -0.05) is 5.16 Å². The van der Waals surface area contributed by atoms with Crippen LogP contribution in [0.2, 0.25) is 0 Å². The fraction of sp³-hybridized carbons (Fsp3) is 0.455. The van der Waals surface area contributed by atoms with Gasteiger partial charge in [-0.25, -0.2) is 0 Å². The Balaban J connectivity index is 1.71. The minimum Gasteiger partial charge on any atom is -0.468 e. The molecule has 0 amide bonds. The molecule has 0 unspecified atom stereocenters. The first-order valence-electron chi connectivity index (χ1n) is 5.28. The van der Waals surface area contributed by atoms with Crippen molar-refractivity contribution < 1.29 is 8.94 Å². The molecule has 0 atom stereocenters. The number of hydrogen-bond acceptors (Lipinski definition) is 5. The van der Waals surface area contributed by atoms with Crippen LogP contribution in [0.25, 0.3) is 0 Å². The van der Waals surface area contributed by atoms with Crippen LogP contribution in [0.3, 0.4) is 0 Å². The maximum atomic E-state index is 5.31. The second-order valence-corrected chi connectivity index (χ2v) is 3.69. The van der Waals surface area contributed by atoms with Gasteiger partial charge in [0.15, 0.2) is 5.82 Å². The molecule has 0 aliphatic rings. The van der Waals surface area contributed by atoms with Crippen LogP contribution in [0, 0.1) is 13.8 Å². The number of aromatic nitrogens is 2. The molecule has 2 aromatic heterocycles. The van der Waals surface area contributed by atoms with Crippen molar-refractivity contribution in [1.29, 1.82) is 0 Å². The molecular weight excluding hydrogens is 206 g/mol. The first kappa shape index (κ1) is 10.9. The monoisotopic (exact) mass is 221 g/mol. The normalized spacial score (nSPS) is 10.9. The van der Waals surface area contributed by atoms with Crippen LogP contribution >= 0.6 is 0 Å². The van der Waals surface area contributed by atoms with E-state index < -0.39 is 0 Å². The number of rotatable bonds is 5. The zero-order valence-electron chi connectivity index (χ0n) is 9.49. The maximum absolute atomic E-state index is 5.31. The highest BCUT2D eigenvalue weighted by Crippen LogP contribution is 2.07. The molecule has 0 aromatic carbocycles. The van der Waals surface area contributed by atoms with E-state index in [0.717, 1.165) is 25.3 Å². The van der Waals surface area contributed by atoms with Crippen LogP contribution in [0.1, 0.15) is 23.0 Å². The predicted octanol–water partition coefficient (Wildman–Crippen LogP) is 1.61. The number of nitrogens with zero attached hydrogens (tertiary/aromatic N) is 2. The van der Waals surface area contributed by atoms with Crippen molar-refractivity contribution in [2.75, 3.05) is 6.54 Å². The highest BCUT2D eigenvalue weighted by molar-refractivity contribution is 5.14. The van der Waals surface area contributed by atoms with E-state index in [2.05, 4.69) is 15.5 Å². The van der Waals surface area contributed by atoms with Crippen LogP contribution in [-0.4, -0.2) is 16.7 Å². The summed E-state index contributed by atoms with van der Waals surface area (Å²) in [6.07, 6.45) is 2.44. The summed E-state index contributed by atoms with van der Waals surface area (Å²) in [6, 6.07) is 1.96. The van der Waals surface area contributed by atoms with E-state index in [1.54, 1.807) is 6.26 Å². The smallest absolute Gasteiger partial charge is 0.227 e. The van der Waals surface area contributed by atoms with Crippen molar-refractivity contribution in [3.8, 4) is 0 Å². The summed E-state index contributed by atoms with van der Waals surface area (Å²) in [5.74, 6) is 2.32. The van der Waals surface area contributed by atoms with Crippen LogP contribution < -0.4 is 5.32 Å². The summed E-state index contributed by atoms with van der Waals surface area (Å²) >= 11 is 0. The van der Waals surface area contributed by atoms with Gasteiger partial charge in [-0.3, -0.25) is 0 Å². The Bertz CT molecular complexity index is 448. The summed E-state index contributed by atoms with van der Waals surface area (Å²) in [5.41, 5.74) is 1.17. The maximum Gasteiger partial charge on any atom is 0.227 e. The van der Waals surface area contributed by atoms with Crippen LogP contribution in [0.5, 0.6) is 0 Å². The minimum atomic E-state index is 0.668.